The molecule has 4 aliphatic carbocycles. The van der Waals surface area contributed by atoms with Gasteiger partial charge < -0.3 is 111 Å². The molecule has 0 amide bonds. The van der Waals surface area contributed by atoms with Crippen LogP contribution in [0.4, 0.5) is 0 Å². The Balaban J connectivity index is 0.690. The molecule has 0 spiro atoms. The van der Waals surface area contributed by atoms with Crippen LogP contribution in [0.1, 0.15) is 153 Å². The van der Waals surface area contributed by atoms with E-state index < -0.39 is 199 Å². The molecule has 0 aromatic heterocycles. The number of fused-ring (bicyclic) bond motifs is 5. The van der Waals surface area contributed by atoms with Crippen LogP contribution in [0.3, 0.4) is 0 Å². The number of aliphatic hydroxyl groups excluding tert-OH is 2. The monoisotopic (exact) mass is 1270 g/mol. The topological polar surface area (TPSA) is 301 Å². The molecule has 6 aliphatic heterocycles. The molecule has 0 aromatic rings. The first-order valence-electron chi connectivity index (χ1n) is 32.5. The molecule has 25 nitrogen and oxygen atoms in total. The van der Waals surface area contributed by atoms with Crippen LogP contribution in [0.15, 0.2) is 11.6 Å². The zero-order valence-corrected chi connectivity index (χ0v) is 54.8. The highest BCUT2D eigenvalue weighted by Crippen LogP contribution is 2.71. The Bertz CT molecular complexity index is 2430. The second-order valence-corrected chi connectivity index (χ2v) is 27.6. The molecule has 9 fully saturated rings. The van der Waals surface area contributed by atoms with E-state index in [-0.39, 0.29) is 38.2 Å². The van der Waals surface area contributed by atoms with Gasteiger partial charge in [0.25, 0.3) is 0 Å². The standard InChI is InChI=1S/C64H104O25/c1-30-54(68)41(72-11)24-50(77-30)85-55-31(2)78-48(23-40(55)67)86-56-33(4)80-51(26-43(56)74-13)88-58-35(6)82-53(28-45(58)76-15)89-59-34(5)81-52(27-44(59)75-14)87-57-32(3)79-49(25-42(57)73-12)84-39-17-18-60(9)38(22-39)16-19-63(70)46(60)29-47(83-37(8)66)61(10)62(69,36(7)65)20-21-64(61,63)71/h16,30-35,39-59,67-71H,17-29H2,1-15H3/t30-,31+,32+,33-,34-,35+,39-,40-,41+,42-,43+,44-,45-,46+,47+,48-,49-,50+,51+,52-,53-,54-,55+,56-,57+,58+,59+,60-,61+,62+,63-,64+/m0/s1. The van der Waals surface area contributed by atoms with Crippen molar-refractivity contribution in [3.05, 3.63) is 11.6 Å². The maximum atomic E-state index is 13.1. The molecule has 32 atom stereocenters. The van der Waals surface area contributed by atoms with E-state index in [4.69, 9.17) is 85.3 Å². The predicted octanol–water partition coefficient (Wildman–Crippen LogP) is 3.96. The van der Waals surface area contributed by atoms with Gasteiger partial charge >= 0.3 is 5.97 Å². The van der Waals surface area contributed by atoms with Gasteiger partial charge in [0, 0.05) is 86.9 Å². The summed E-state index contributed by atoms with van der Waals surface area (Å²) in [6, 6.07) is 0. The van der Waals surface area contributed by atoms with Crippen LogP contribution >= 0.6 is 0 Å². The van der Waals surface area contributed by atoms with E-state index in [1.54, 1.807) is 42.3 Å². The minimum atomic E-state index is -2.00. The lowest BCUT2D eigenvalue weighted by atomic mass is 9.42. The average Bonchev–Trinajstić information content (AvgIpc) is 1.61. The number of hydrogen-bond donors (Lipinski definition) is 5. The van der Waals surface area contributed by atoms with Gasteiger partial charge in [0.15, 0.2) is 43.5 Å². The Morgan fingerprint density at radius 3 is 1.31 bits per heavy atom. The third-order valence-corrected chi connectivity index (χ3v) is 22.6. The number of Topliss-reactive ketones (excluding diaryl/α,β-unsaturated/α-hetero) is 1. The van der Waals surface area contributed by atoms with Gasteiger partial charge in [-0.25, -0.2) is 0 Å². The van der Waals surface area contributed by atoms with E-state index in [1.807, 2.05) is 40.7 Å². The fraction of sp³-hybridized carbons (Fsp3) is 0.938. The Morgan fingerprint density at radius 1 is 0.506 bits per heavy atom. The number of hydrogen-bond acceptors (Lipinski definition) is 25. The van der Waals surface area contributed by atoms with Crippen molar-refractivity contribution in [1.82, 2.24) is 0 Å². The third kappa shape index (κ3) is 13.0. The number of carbonyl (C=O) groups excluding carboxylic acids is 2. The molecule has 0 radical (unpaired) electrons. The normalized spacial score (nSPS) is 52.0. The molecule has 5 N–H and O–H groups in total. The van der Waals surface area contributed by atoms with Crippen LogP contribution in [-0.4, -0.2) is 249 Å². The zero-order chi connectivity index (χ0) is 64.4. The van der Waals surface area contributed by atoms with E-state index in [0.717, 1.165) is 5.57 Å². The number of rotatable bonds is 19. The lowest BCUT2D eigenvalue weighted by Gasteiger charge is -2.67. The van der Waals surface area contributed by atoms with Crippen molar-refractivity contribution >= 4 is 11.8 Å². The molecule has 0 unspecified atom stereocenters. The average molecular weight is 1270 g/mol. The van der Waals surface area contributed by atoms with Gasteiger partial charge in [-0.2, -0.15) is 0 Å². The summed E-state index contributed by atoms with van der Waals surface area (Å²) in [7, 11) is 8.05. The molecule has 0 bridgehead atoms. The Morgan fingerprint density at radius 2 is 0.899 bits per heavy atom. The summed E-state index contributed by atoms with van der Waals surface area (Å²) in [6.07, 6.45) is -9.42. The van der Waals surface area contributed by atoms with Crippen molar-refractivity contribution in [3.63, 3.8) is 0 Å². The molecule has 0 aromatic carbocycles. The Labute approximate surface area is 523 Å². The van der Waals surface area contributed by atoms with E-state index in [1.165, 1.54) is 21.0 Å². The number of ether oxygens (including phenoxy) is 18. The van der Waals surface area contributed by atoms with Crippen molar-refractivity contribution in [2.75, 3.05) is 35.5 Å². The van der Waals surface area contributed by atoms with Gasteiger partial charge in [0.05, 0.1) is 84.8 Å². The molecule has 89 heavy (non-hydrogen) atoms. The first-order valence-corrected chi connectivity index (χ1v) is 32.5. The third-order valence-electron chi connectivity index (χ3n) is 22.6. The van der Waals surface area contributed by atoms with Gasteiger partial charge in [-0.05, 0) is 106 Å². The summed E-state index contributed by atoms with van der Waals surface area (Å²) in [5.41, 5.74) is -6.81. The lowest BCUT2D eigenvalue weighted by molar-refractivity contribution is -0.354. The summed E-state index contributed by atoms with van der Waals surface area (Å²) in [5.74, 6) is -1.67. The van der Waals surface area contributed by atoms with Gasteiger partial charge in [0.1, 0.15) is 59.5 Å². The van der Waals surface area contributed by atoms with Gasteiger partial charge in [0.2, 0.25) is 0 Å². The van der Waals surface area contributed by atoms with Crippen LogP contribution in [0.5, 0.6) is 0 Å². The largest absolute Gasteiger partial charge is 0.462 e. The molecule has 25 heteroatoms. The number of carbonyl (C=O) groups is 2. The Kier molecular flexibility index (Phi) is 21.7. The molecule has 6 saturated heterocycles. The summed E-state index contributed by atoms with van der Waals surface area (Å²) in [4.78, 5) is 25.7. The number of esters is 1. The Hall–Kier alpha value is -2.00. The van der Waals surface area contributed by atoms with Crippen molar-refractivity contribution in [1.29, 1.82) is 0 Å². The smallest absolute Gasteiger partial charge is 0.302 e. The van der Waals surface area contributed by atoms with E-state index in [0.29, 0.717) is 51.4 Å². The minimum Gasteiger partial charge on any atom is -0.462 e. The number of aliphatic hydroxyl groups is 5. The molecule has 10 aliphatic rings. The minimum absolute atomic E-state index is 0.0285. The van der Waals surface area contributed by atoms with Gasteiger partial charge in [-0.15, -0.1) is 0 Å². The van der Waals surface area contributed by atoms with Crippen molar-refractivity contribution in [2.24, 2.45) is 16.7 Å². The molecular formula is C64H104O25. The second kappa shape index (κ2) is 27.6. The van der Waals surface area contributed by atoms with Gasteiger partial charge in [-0.1, -0.05) is 18.6 Å². The van der Waals surface area contributed by atoms with Crippen LogP contribution in [0.25, 0.3) is 0 Å². The molecule has 3 saturated carbocycles. The van der Waals surface area contributed by atoms with Crippen molar-refractivity contribution < 1.29 is 120 Å². The van der Waals surface area contributed by atoms with Crippen LogP contribution in [-0.2, 0) is 94.9 Å². The highest BCUT2D eigenvalue weighted by atomic mass is 16.8. The predicted molar refractivity (Wildman–Crippen MR) is 310 cm³/mol. The summed E-state index contributed by atoms with van der Waals surface area (Å²) in [6.45, 7) is 17.4. The SMILES string of the molecule is CO[C@H]1C[C@H](O[C@H]2[C@@H](OC)C[C@H](O[C@H]3CC[C@@]4(C)C(=CC[C@]5(O)[C@@H]4C[C@@H](OC(C)=O)[C@@]4(C)[C@]5(O)CC[C@@]4(O)C(C)=O)C3)O[C@@H]2C)O[C@@H](C)[C@H]1O[C@H]1C[C@H](OC)[C@H](O[C@@H]2C[C@@H](OC)[C@@H](O[C@H]3C[C@H](O)[C@H](O[C@@H]4C[C@@H](OC)[C@@H](O)[C@H](C)O4)[C@@H](C)O3)[C@H](C)O2)[C@@H](C)O1. The summed E-state index contributed by atoms with van der Waals surface area (Å²) >= 11 is 0. The van der Waals surface area contributed by atoms with Gasteiger partial charge in [-0.3, -0.25) is 9.59 Å². The fourth-order valence-corrected chi connectivity index (χ4v) is 17.5. The molecule has 6 heterocycles. The summed E-state index contributed by atoms with van der Waals surface area (Å²) < 4.78 is 113. The van der Waals surface area contributed by atoms with Crippen LogP contribution in [0, 0.1) is 16.7 Å². The van der Waals surface area contributed by atoms with Crippen molar-refractivity contribution in [3.8, 4) is 0 Å². The molecular weight excluding hydrogens is 1170 g/mol. The highest BCUT2D eigenvalue weighted by Gasteiger charge is 2.81. The highest BCUT2D eigenvalue weighted by molar-refractivity contribution is 5.87. The molecule has 10 rings (SSSR count). The first-order chi connectivity index (χ1) is 42.1. The fourth-order valence-electron chi connectivity index (χ4n) is 17.5. The van der Waals surface area contributed by atoms with Crippen LogP contribution < -0.4 is 0 Å². The number of ketones is 1. The molecule has 510 valence electrons. The maximum Gasteiger partial charge on any atom is 0.302 e. The van der Waals surface area contributed by atoms with E-state index in [9.17, 15) is 35.1 Å². The van der Waals surface area contributed by atoms with Crippen molar-refractivity contribution in [2.45, 2.75) is 329 Å². The van der Waals surface area contributed by atoms with E-state index >= 15 is 0 Å². The lowest BCUT2D eigenvalue weighted by Crippen LogP contribution is -2.78. The quantitative estimate of drug-likeness (QED) is 0.0903. The zero-order valence-electron chi connectivity index (χ0n) is 54.8. The van der Waals surface area contributed by atoms with E-state index in [2.05, 4.69) is 6.92 Å². The maximum absolute atomic E-state index is 13.1. The number of methoxy groups -OCH3 is 5. The first kappa shape index (κ1) is 69.8. The van der Waals surface area contributed by atoms with Crippen LogP contribution in [0.2, 0.25) is 0 Å². The second-order valence-electron chi connectivity index (χ2n) is 27.6. The summed E-state index contributed by atoms with van der Waals surface area (Å²) in [5, 5.41) is 59.2.